The van der Waals surface area contributed by atoms with Crippen LogP contribution in [0.15, 0.2) is 22.7 Å². The Bertz CT molecular complexity index is 471. The topological polar surface area (TPSA) is 64.3 Å². The van der Waals surface area contributed by atoms with Crippen molar-refractivity contribution in [3.8, 4) is 5.75 Å². The van der Waals surface area contributed by atoms with Crippen molar-refractivity contribution >= 4 is 27.5 Å². The Morgan fingerprint density at radius 2 is 2.16 bits per heavy atom. The molecule has 2 rings (SSSR count). The van der Waals surface area contributed by atoms with Crippen molar-refractivity contribution in [2.45, 2.75) is 25.7 Å². The Morgan fingerprint density at radius 1 is 1.47 bits per heavy atom. The first-order chi connectivity index (χ1) is 9.11. The minimum absolute atomic E-state index is 0.0320. The number of ether oxygens (including phenoxy) is 1. The number of methoxy groups -OCH3 is 1. The minimum Gasteiger partial charge on any atom is -0.496 e. The number of amides is 1. The van der Waals surface area contributed by atoms with Crippen molar-refractivity contribution < 1.29 is 9.53 Å². The van der Waals surface area contributed by atoms with Gasteiger partial charge < -0.3 is 15.8 Å². The van der Waals surface area contributed by atoms with Gasteiger partial charge in [0.2, 0.25) is 5.91 Å². The Hall–Kier alpha value is -1.07. The lowest BCUT2D eigenvalue weighted by molar-refractivity contribution is -0.124. The molecule has 0 bridgehead atoms. The van der Waals surface area contributed by atoms with Gasteiger partial charge in [-0.25, -0.2) is 0 Å². The molecule has 1 amide bonds. The van der Waals surface area contributed by atoms with E-state index in [1.165, 1.54) is 0 Å². The van der Waals surface area contributed by atoms with Gasteiger partial charge in [0.15, 0.2) is 0 Å². The van der Waals surface area contributed by atoms with Gasteiger partial charge in [0.05, 0.1) is 17.0 Å². The van der Waals surface area contributed by atoms with Gasteiger partial charge in [0.25, 0.3) is 0 Å². The van der Waals surface area contributed by atoms with E-state index in [9.17, 15) is 4.79 Å². The molecule has 0 unspecified atom stereocenters. The van der Waals surface area contributed by atoms with Gasteiger partial charge in [-0.3, -0.25) is 4.79 Å². The van der Waals surface area contributed by atoms with Gasteiger partial charge in [-0.2, -0.15) is 0 Å². The molecule has 0 heterocycles. The minimum atomic E-state index is -0.383. The maximum absolute atomic E-state index is 12.4. The largest absolute Gasteiger partial charge is 0.496 e. The van der Waals surface area contributed by atoms with E-state index in [2.05, 4.69) is 21.2 Å². The summed E-state index contributed by atoms with van der Waals surface area (Å²) in [5, 5.41) is 2.96. The SMILES string of the molecule is COc1ccc(NC(=O)C2(CN)CCCC2)cc1Br. The number of nitrogens with two attached hydrogens (primary N) is 1. The third-order valence-corrected chi connectivity index (χ3v) is 4.46. The molecule has 0 saturated heterocycles. The number of nitrogens with one attached hydrogen (secondary N) is 1. The molecule has 0 aromatic heterocycles. The highest BCUT2D eigenvalue weighted by atomic mass is 79.9. The second-order valence-electron chi connectivity index (χ2n) is 5.00. The Balaban J connectivity index is 2.12. The zero-order valence-electron chi connectivity index (χ0n) is 11.0. The van der Waals surface area contributed by atoms with Gasteiger partial charge in [-0.15, -0.1) is 0 Å². The van der Waals surface area contributed by atoms with Crippen molar-refractivity contribution in [1.82, 2.24) is 0 Å². The predicted molar refractivity (Wildman–Crippen MR) is 79.3 cm³/mol. The van der Waals surface area contributed by atoms with Crippen LogP contribution in [-0.4, -0.2) is 19.6 Å². The maximum Gasteiger partial charge on any atom is 0.231 e. The Labute approximate surface area is 121 Å². The molecular formula is C14H19BrN2O2. The van der Waals surface area contributed by atoms with Crippen LogP contribution >= 0.6 is 15.9 Å². The van der Waals surface area contributed by atoms with Crippen LogP contribution in [-0.2, 0) is 4.79 Å². The molecular weight excluding hydrogens is 308 g/mol. The van der Waals surface area contributed by atoms with Crippen LogP contribution in [0.1, 0.15) is 25.7 Å². The number of hydrogen-bond donors (Lipinski definition) is 2. The molecule has 1 aliphatic rings. The fourth-order valence-corrected chi connectivity index (χ4v) is 3.12. The summed E-state index contributed by atoms with van der Waals surface area (Å²) in [7, 11) is 1.61. The number of anilines is 1. The molecule has 0 spiro atoms. The summed E-state index contributed by atoms with van der Waals surface area (Å²) in [4.78, 5) is 12.4. The Morgan fingerprint density at radius 3 is 2.68 bits per heavy atom. The number of rotatable bonds is 4. The molecule has 19 heavy (non-hydrogen) atoms. The lowest BCUT2D eigenvalue weighted by atomic mass is 9.85. The van der Waals surface area contributed by atoms with Crippen molar-refractivity contribution in [2.24, 2.45) is 11.1 Å². The van der Waals surface area contributed by atoms with E-state index in [4.69, 9.17) is 10.5 Å². The highest BCUT2D eigenvalue weighted by molar-refractivity contribution is 9.10. The van der Waals surface area contributed by atoms with Gasteiger partial charge in [-0.05, 0) is 47.0 Å². The highest BCUT2D eigenvalue weighted by Gasteiger charge is 2.39. The second-order valence-corrected chi connectivity index (χ2v) is 5.85. The summed E-state index contributed by atoms with van der Waals surface area (Å²) in [6.45, 7) is 0.413. The third kappa shape index (κ3) is 2.92. The molecule has 3 N–H and O–H groups in total. The lowest BCUT2D eigenvalue weighted by Crippen LogP contribution is -2.40. The van der Waals surface area contributed by atoms with Crippen molar-refractivity contribution in [2.75, 3.05) is 19.0 Å². The molecule has 0 radical (unpaired) electrons. The highest BCUT2D eigenvalue weighted by Crippen LogP contribution is 2.38. The van der Waals surface area contributed by atoms with E-state index in [1.807, 2.05) is 18.2 Å². The van der Waals surface area contributed by atoms with Crippen LogP contribution < -0.4 is 15.8 Å². The average molecular weight is 327 g/mol. The third-order valence-electron chi connectivity index (χ3n) is 3.84. The van der Waals surface area contributed by atoms with Gasteiger partial charge in [-0.1, -0.05) is 12.8 Å². The van der Waals surface area contributed by atoms with Gasteiger partial charge in [0.1, 0.15) is 5.75 Å². The number of carbonyl (C=O) groups excluding carboxylic acids is 1. The summed E-state index contributed by atoms with van der Waals surface area (Å²) in [6, 6.07) is 5.50. The van der Waals surface area contributed by atoms with E-state index in [-0.39, 0.29) is 11.3 Å². The lowest BCUT2D eigenvalue weighted by Gasteiger charge is -2.25. The summed E-state index contributed by atoms with van der Waals surface area (Å²) in [5.74, 6) is 0.775. The van der Waals surface area contributed by atoms with Crippen molar-refractivity contribution in [1.29, 1.82) is 0 Å². The molecule has 1 aromatic rings. The standard InChI is InChI=1S/C14H19BrN2O2/c1-19-12-5-4-10(8-11(12)15)17-13(18)14(9-16)6-2-3-7-14/h4-5,8H,2-3,6-7,9,16H2,1H3,(H,17,18). The fourth-order valence-electron chi connectivity index (χ4n) is 2.58. The summed E-state index contributed by atoms with van der Waals surface area (Å²) in [6.07, 6.45) is 3.92. The second kappa shape index (κ2) is 5.92. The average Bonchev–Trinajstić information content (AvgIpc) is 2.89. The molecule has 1 fully saturated rings. The predicted octanol–water partition coefficient (Wildman–Crippen LogP) is 2.92. The van der Waals surface area contributed by atoms with Crippen LogP contribution in [0.4, 0.5) is 5.69 Å². The monoisotopic (exact) mass is 326 g/mol. The van der Waals surface area contributed by atoms with Crippen LogP contribution in [0.25, 0.3) is 0 Å². The number of halogens is 1. The van der Waals surface area contributed by atoms with Crippen LogP contribution in [0.2, 0.25) is 0 Å². The fraction of sp³-hybridized carbons (Fsp3) is 0.500. The summed E-state index contributed by atoms with van der Waals surface area (Å²) in [5.41, 5.74) is 6.19. The first-order valence-electron chi connectivity index (χ1n) is 6.46. The molecule has 0 aliphatic heterocycles. The van der Waals surface area contributed by atoms with E-state index in [0.29, 0.717) is 6.54 Å². The van der Waals surface area contributed by atoms with E-state index in [1.54, 1.807) is 7.11 Å². The number of hydrogen-bond acceptors (Lipinski definition) is 3. The van der Waals surface area contributed by atoms with Crippen LogP contribution in [0.3, 0.4) is 0 Å². The number of carbonyl (C=O) groups is 1. The van der Waals surface area contributed by atoms with Gasteiger partial charge >= 0.3 is 0 Å². The zero-order valence-corrected chi connectivity index (χ0v) is 12.6. The van der Waals surface area contributed by atoms with Gasteiger partial charge in [0, 0.05) is 12.2 Å². The summed E-state index contributed by atoms with van der Waals surface area (Å²) < 4.78 is 5.99. The van der Waals surface area contributed by atoms with Crippen molar-refractivity contribution in [3.63, 3.8) is 0 Å². The van der Waals surface area contributed by atoms with E-state index >= 15 is 0 Å². The van der Waals surface area contributed by atoms with E-state index < -0.39 is 0 Å². The number of benzene rings is 1. The molecule has 4 nitrogen and oxygen atoms in total. The van der Waals surface area contributed by atoms with Crippen LogP contribution in [0, 0.1) is 5.41 Å². The molecule has 1 aromatic carbocycles. The molecule has 0 atom stereocenters. The van der Waals surface area contributed by atoms with E-state index in [0.717, 1.165) is 41.6 Å². The summed E-state index contributed by atoms with van der Waals surface area (Å²) >= 11 is 3.41. The first kappa shape index (κ1) is 14.3. The molecule has 1 saturated carbocycles. The Kier molecular flexibility index (Phi) is 4.47. The normalized spacial score (nSPS) is 17.2. The first-order valence-corrected chi connectivity index (χ1v) is 7.26. The zero-order chi connectivity index (χ0) is 13.9. The van der Waals surface area contributed by atoms with Crippen molar-refractivity contribution in [3.05, 3.63) is 22.7 Å². The van der Waals surface area contributed by atoms with Crippen LogP contribution in [0.5, 0.6) is 5.75 Å². The smallest absolute Gasteiger partial charge is 0.231 e. The quantitative estimate of drug-likeness (QED) is 0.894. The molecule has 5 heteroatoms. The molecule has 1 aliphatic carbocycles. The maximum atomic E-state index is 12.4. The molecule has 104 valence electrons.